The van der Waals surface area contributed by atoms with Crippen LogP contribution in [0.3, 0.4) is 0 Å². The second-order valence-electron chi connectivity index (χ2n) is 6.65. The van der Waals surface area contributed by atoms with Gasteiger partial charge in [-0.15, -0.1) is 0 Å². The second kappa shape index (κ2) is 9.70. The first-order valence-corrected chi connectivity index (χ1v) is 9.40. The molecule has 2 aromatic carbocycles. The molecule has 3 N–H and O–H groups in total. The molecule has 1 aliphatic heterocycles. The van der Waals surface area contributed by atoms with E-state index in [4.69, 9.17) is 4.74 Å². The molecular formula is C21H24N4O4. The van der Waals surface area contributed by atoms with E-state index in [0.717, 1.165) is 0 Å². The summed E-state index contributed by atoms with van der Waals surface area (Å²) in [5.41, 5.74) is 2.45. The molecule has 0 radical (unpaired) electrons. The Hall–Kier alpha value is -3.39. The highest BCUT2D eigenvalue weighted by Crippen LogP contribution is 2.16. The number of hydrogen-bond donors (Lipinski definition) is 3. The maximum absolute atomic E-state index is 12.6. The first kappa shape index (κ1) is 20.3. The summed E-state index contributed by atoms with van der Waals surface area (Å²) in [6.45, 7) is 3.72. The van der Waals surface area contributed by atoms with Crippen molar-refractivity contribution in [1.29, 1.82) is 0 Å². The van der Waals surface area contributed by atoms with E-state index in [0.29, 0.717) is 48.9 Å². The molecule has 0 aliphatic carbocycles. The number of nitrogens with one attached hydrogen (secondary N) is 3. The molecular weight excluding hydrogens is 372 g/mol. The predicted octanol–water partition coefficient (Wildman–Crippen LogP) is 2.17. The van der Waals surface area contributed by atoms with Crippen LogP contribution in [0.15, 0.2) is 48.5 Å². The van der Waals surface area contributed by atoms with Gasteiger partial charge in [-0.25, -0.2) is 0 Å². The highest BCUT2D eigenvalue weighted by Gasteiger charge is 2.18. The maximum Gasteiger partial charge on any atom is 0.254 e. The van der Waals surface area contributed by atoms with Gasteiger partial charge in [0.2, 0.25) is 11.8 Å². The van der Waals surface area contributed by atoms with Crippen molar-refractivity contribution in [3.8, 4) is 0 Å². The average molecular weight is 396 g/mol. The van der Waals surface area contributed by atoms with Crippen molar-refractivity contribution in [1.82, 2.24) is 4.90 Å². The molecule has 3 rings (SSSR count). The molecule has 152 valence electrons. The molecule has 1 aliphatic rings. The lowest BCUT2D eigenvalue weighted by Gasteiger charge is -2.27. The quantitative estimate of drug-likeness (QED) is 0.695. The molecule has 0 atom stereocenters. The standard InChI is InChI=1S/C21H24N4O4/c1-15(26)23-18-6-3-7-19(13-18)24-20(27)14-22-17-5-2-4-16(12-17)21(28)25-8-10-29-11-9-25/h2-7,12-13,22H,8-11,14H2,1H3,(H,23,26)(H,24,27). The number of carbonyl (C=O) groups excluding carboxylic acids is 3. The van der Waals surface area contributed by atoms with Crippen LogP contribution in [0.5, 0.6) is 0 Å². The minimum atomic E-state index is -0.241. The molecule has 1 fully saturated rings. The summed E-state index contributed by atoms with van der Waals surface area (Å²) in [5.74, 6) is -0.465. The van der Waals surface area contributed by atoms with Crippen LogP contribution in [0.25, 0.3) is 0 Å². The van der Waals surface area contributed by atoms with Crippen molar-refractivity contribution in [2.75, 3.05) is 48.8 Å². The number of ether oxygens (including phenoxy) is 1. The summed E-state index contributed by atoms with van der Waals surface area (Å²) in [6.07, 6.45) is 0. The smallest absolute Gasteiger partial charge is 0.254 e. The van der Waals surface area contributed by atoms with E-state index in [9.17, 15) is 14.4 Å². The maximum atomic E-state index is 12.6. The zero-order valence-corrected chi connectivity index (χ0v) is 16.2. The fourth-order valence-electron chi connectivity index (χ4n) is 2.98. The van der Waals surface area contributed by atoms with Gasteiger partial charge < -0.3 is 25.6 Å². The molecule has 0 aromatic heterocycles. The molecule has 2 aromatic rings. The first-order valence-electron chi connectivity index (χ1n) is 9.40. The molecule has 0 spiro atoms. The number of carbonyl (C=O) groups is 3. The highest BCUT2D eigenvalue weighted by molar-refractivity contribution is 5.97. The average Bonchev–Trinajstić information content (AvgIpc) is 2.72. The lowest BCUT2D eigenvalue weighted by molar-refractivity contribution is -0.115. The minimum Gasteiger partial charge on any atom is -0.378 e. The molecule has 1 saturated heterocycles. The van der Waals surface area contributed by atoms with Crippen molar-refractivity contribution in [2.24, 2.45) is 0 Å². The molecule has 0 saturated carbocycles. The van der Waals surface area contributed by atoms with Gasteiger partial charge in [-0.3, -0.25) is 14.4 Å². The van der Waals surface area contributed by atoms with Crippen molar-refractivity contribution < 1.29 is 19.1 Å². The molecule has 0 bridgehead atoms. The van der Waals surface area contributed by atoms with Crippen LogP contribution in [-0.4, -0.2) is 55.5 Å². The van der Waals surface area contributed by atoms with Crippen molar-refractivity contribution in [3.05, 3.63) is 54.1 Å². The van der Waals surface area contributed by atoms with E-state index in [1.165, 1.54) is 6.92 Å². The van der Waals surface area contributed by atoms with E-state index in [2.05, 4.69) is 16.0 Å². The monoisotopic (exact) mass is 396 g/mol. The summed E-state index contributed by atoms with van der Waals surface area (Å²) < 4.78 is 5.28. The fourth-order valence-corrected chi connectivity index (χ4v) is 2.98. The number of nitrogens with zero attached hydrogens (tertiary/aromatic N) is 1. The Bertz CT molecular complexity index is 894. The second-order valence-corrected chi connectivity index (χ2v) is 6.65. The molecule has 0 unspecified atom stereocenters. The lowest BCUT2D eigenvalue weighted by atomic mass is 10.1. The van der Waals surface area contributed by atoms with Crippen molar-refractivity contribution in [2.45, 2.75) is 6.92 Å². The van der Waals surface area contributed by atoms with E-state index >= 15 is 0 Å². The Morgan fingerprint density at radius 1 is 0.931 bits per heavy atom. The minimum absolute atomic E-state index is 0.0412. The van der Waals surface area contributed by atoms with Crippen LogP contribution in [0.1, 0.15) is 17.3 Å². The normalized spacial score (nSPS) is 13.5. The predicted molar refractivity (Wildman–Crippen MR) is 111 cm³/mol. The van der Waals surface area contributed by atoms with Gasteiger partial charge in [0.1, 0.15) is 0 Å². The number of benzene rings is 2. The fraction of sp³-hybridized carbons (Fsp3) is 0.286. The Morgan fingerprint density at radius 3 is 2.31 bits per heavy atom. The lowest BCUT2D eigenvalue weighted by Crippen LogP contribution is -2.40. The van der Waals surface area contributed by atoms with E-state index in [-0.39, 0.29) is 24.3 Å². The number of hydrogen-bond acceptors (Lipinski definition) is 5. The zero-order valence-electron chi connectivity index (χ0n) is 16.2. The van der Waals surface area contributed by atoms with Crippen LogP contribution in [0, 0.1) is 0 Å². The largest absolute Gasteiger partial charge is 0.378 e. The highest BCUT2D eigenvalue weighted by atomic mass is 16.5. The summed E-state index contributed by atoms with van der Waals surface area (Å²) in [5, 5.41) is 8.48. The zero-order chi connectivity index (χ0) is 20.6. The van der Waals surface area contributed by atoms with Crippen molar-refractivity contribution >= 4 is 34.8 Å². The Morgan fingerprint density at radius 2 is 1.59 bits per heavy atom. The van der Waals surface area contributed by atoms with Gasteiger partial charge in [-0.2, -0.15) is 0 Å². The SMILES string of the molecule is CC(=O)Nc1cccc(NC(=O)CNc2cccc(C(=O)N3CCOCC3)c2)c1. The van der Waals surface area contributed by atoms with Crippen LogP contribution < -0.4 is 16.0 Å². The third-order valence-corrected chi connectivity index (χ3v) is 4.33. The van der Waals surface area contributed by atoms with Gasteiger partial charge in [0.15, 0.2) is 0 Å². The van der Waals surface area contributed by atoms with Gasteiger partial charge in [-0.05, 0) is 36.4 Å². The van der Waals surface area contributed by atoms with Crippen LogP contribution in [0.2, 0.25) is 0 Å². The molecule has 3 amide bonds. The van der Waals surface area contributed by atoms with Crippen molar-refractivity contribution in [3.63, 3.8) is 0 Å². The molecule has 8 heteroatoms. The summed E-state index contributed by atoms with van der Waals surface area (Å²) in [7, 11) is 0. The number of anilines is 3. The van der Waals surface area contributed by atoms with Crippen LogP contribution in [0.4, 0.5) is 17.1 Å². The van der Waals surface area contributed by atoms with Gasteiger partial charge in [0.25, 0.3) is 5.91 Å². The Balaban J connectivity index is 1.55. The van der Waals surface area contributed by atoms with Gasteiger partial charge >= 0.3 is 0 Å². The van der Waals surface area contributed by atoms with Gasteiger partial charge in [0.05, 0.1) is 19.8 Å². The van der Waals surface area contributed by atoms with E-state index in [1.54, 1.807) is 53.4 Å². The topological polar surface area (TPSA) is 99.8 Å². The molecule has 8 nitrogen and oxygen atoms in total. The summed E-state index contributed by atoms with van der Waals surface area (Å²) >= 11 is 0. The number of rotatable bonds is 6. The van der Waals surface area contributed by atoms with Gasteiger partial charge in [0, 0.05) is 42.6 Å². The Labute approximate surface area is 169 Å². The number of amides is 3. The van der Waals surface area contributed by atoms with E-state index < -0.39 is 0 Å². The third-order valence-electron chi connectivity index (χ3n) is 4.33. The van der Waals surface area contributed by atoms with Crippen LogP contribution >= 0.6 is 0 Å². The first-order chi connectivity index (χ1) is 14.0. The van der Waals surface area contributed by atoms with Gasteiger partial charge in [-0.1, -0.05) is 12.1 Å². The van der Waals surface area contributed by atoms with Crippen LogP contribution in [-0.2, 0) is 14.3 Å². The number of morpholine rings is 1. The molecule has 1 heterocycles. The summed E-state index contributed by atoms with van der Waals surface area (Å²) in [6, 6.07) is 14.0. The third kappa shape index (κ3) is 6.05. The van der Waals surface area contributed by atoms with E-state index in [1.807, 2.05) is 0 Å². The molecule has 29 heavy (non-hydrogen) atoms. The Kier molecular flexibility index (Phi) is 6.80. The summed E-state index contributed by atoms with van der Waals surface area (Å²) in [4.78, 5) is 37.7.